The fourth-order valence-corrected chi connectivity index (χ4v) is 2.82. The Morgan fingerprint density at radius 2 is 1.58 bits per heavy atom. The van der Waals surface area contributed by atoms with Gasteiger partial charge in [-0.05, 0) is 30.6 Å². The van der Waals surface area contributed by atoms with Gasteiger partial charge in [0.2, 0.25) is 0 Å². The second kappa shape index (κ2) is 3.02. The number of hydrogen-bond donors (Lipinski definition) is 1. The van der Waals surface area contributed by atoms with E-state index in [4.69, 9.17) is 5.73 Å². The fourth-order valence-electron chi connectivity index (χ4n) is 2.82. The predicted molar refractivity (Wildman–Crippen MR) is 51.9 cm³/mol. The highest BCUT2D eigenvalue weighted by molar-refractivity contribution is 5.06. The molecular formula is C11H21N. The van der Waals surface area contributed by atoms with Crippen molar-refractivity contribution in [2.75, 3.05) is 0 Å². The summed E-state index contributed by atoms with van der Waals surface area (Å²) >= 11 is 0. The summed E-state index contributed by atoms with van der Waals surface area (Å²) in [6, 6.07) is 0.528. The summed E-state index contributed by atoms with van der Waals surface area (Å²) < 4.78 is 0. The Labute approximate surface area is 75.7 Å². The van der Waals surface area contributed by atoms with Crippen molar-refractivity contribution in [3.63, 3.8) is 0 Å². The van der Waals surface area contributed by atoms with E-state index in [9.17, 15) is 0 Å². The molecule has 2 fully saturated rings. The zero-order valence-electron chi connectivity index (χ0n) is 8.18. The van der Waals surface area contributed by atoms with Crippen molar-refractivity contribution in [1.82, 2.24) is 0 Å². The van der Waals surface area contributed by atoms with Gasteiger partial charge in [-0.25, -0.2) is 0 Å². The first-order valence-electron chi connectivity index (χ1n) is 5.49. The van der Waals surface area contributed by atoms with Gasteiger partial charge < -0.3 is 5.73 Å². The van der Waals surface area contributed by atoms with Gasteiger partial charge in [0, 0.05) is 6.04 Å². The van der Waals surface area contributed by atoms with Gasteiger partial charge in [-0.15, -0.1) is 0 Å². The number of hydrogen-bond acceptors (Lipinski definition) is 1. The lowest BCUT2D eigenvalue weighted by atomic mass is 9.84. The Hall–Kier alpha value is -0.0400. The van der Waals surface area contributed by atoms with Crippen LogP contribution >= 0.6 is 0 Å². The first-order valence-corrected chi connectivity index (χ1v) is 5.49. The zero-order valence-corrected chi connectivity index (χ0v) is 8.18. The Morgan fingerprint density at radius 3 is 2.00 bits per heavy atom. The van der Waals surface area contributed by atoms with E-state index in [1.807, 2.05) is 0 Å². The molecule has 0 saturated heterocycles. The summed E-state index contributed by atoms with van der Waals surface area (Å²) in [5.41, 5.74) is 6.53. The van der Waals surface area contributed by atoms with Gasteiger partial charge in [0.05, 0.1) is 0 Å². The van der Waals surface area contributed by atoms with E-state index in [2.05, 4.69) is 6.92 Å². The first kappa shape index (κ1) is 8.55. The molecule has 2 rings (SSSR count). The summed E-state index contributed by atoms with van der Waals surface area (Å²) in [5.74, 6) is 0.954. The SMILES string of the molecule is CC1(C2CCCCCC2)CC1N. The quantitative estimate of drug-likeness (QED) is 0.597. The van der Waals surface area contributed by atoms with Crippen molar-refractivity contribution in [2.45, 2.75) is 57.9 Å². The van der Waals surface area contributed by atoms with Crippen molar-refractivity contribution in [3.05, 3.63) is 0 Å². The van der Waals surface area contributed by atoms with Gasteiger partial charge in [-0.1, -0.05) is 32.6 Å². The minimum Gasteiger partial charge on any atom is -0.327 e. The topological polar surface area (TPSA) is 26.0 Å². The van der Waals surface area contributed by atoms with Crippen LogP contribution in [0.1, 0.15) is 51.9 Å². The molecular weight excluding hydrogens is 146 g/mol. The highest BCUT2D eigenvalue weighted by atomic mass is 14.8. The van der Waals surface area contributed by atoms with Crippen LogP contribution in [0, 0.1) is 11.3 Å². The third-order valence-electron chi connectivity index (χ3n) is 4.13. The van der Waals surface area contributed by atoms with E-state index in [0.29, 0.717) is 11.5 Å². The van der Waals surface area contributed by atoms with E-state index in [0.717, 1.165) is 5.92 Å². The maximum Gasteiger partial charge on any atom is 0.0102 e. The maximum absolute atomic E-state index is 5.98. The third kappa shape index (κ3) is 1.39. The molecule has 1 nitrogen and oxygen atoms in total. The molecule has 70 valence electrons. The van der Waals surface area contributed by atoms with Crippen LogP contribution in [0.25, 0.3) is 0 Å². The smallest absolute Gasteiger partial charge is 0.0102 e. The van der Waals surface area contributed by atoms with E-state index >= 15 is 0 Å². The molecule has 0 amide bonds. The molecule has 2 aliphatic carbocycles. The molecule has 2 unspecified atom stereocenters. The van der Waals surface area contributed by atoms with Gasteiger partial charge in [-0.3, -0.25) is 0 Å². The first-order chi connectivity index (χ1) is 5.73. The van der Waals surface area contributed by atoms with Crippen LogP contribution in [-0.4, -0.2) is 6.04 Å². The largest absolute Gasteiger partial charge is 0.327 e. The molecule has 2 atom stereocenters. The molecule has 2 saturated carbocycles. The number of nitrogens with two attached hydrogens (primary N) is 1. The Balaban J connectivity index is 1.93. The molecule has 0 aromatic heterocycles. The van der Waals surface area contributed by atoms with Crippen molar-refractivity contribution in [3.8, 4) is 0 Å². The number of rotatable bonds is 1. The minimum atomic E-state index is 0.528. The average Bonchev–Trinajstić information content (AvgIpc) is 2.71. The van der Waals surface area contributed by atoms with Crippen LogP contribution < -0.4 is 5.73 Å². The van der Waals surface area contributed by atoms with E-state index in [-0.39, 0.29) is 0 Å². The van der Waals surface area contributed by atoms with Gasteiger partial charge in [0.1, 0.15) is 0 Å². The molecule has 0 heterocycles. The van der Waals surface area contributed by atoms with Crippen LogP contribution in [0.4, 0.5) is 0 Å². The highest BCUT2D eigenvalue weighted by Crippen LogP contribution is 2.54. The minimum absolute atomic E-state index is 0.528. The van der Waals surface area contributed by atoms with Gasteiger partial charge in [0.15, 0.2) is 0 Å². The summed E-state index contributed by atoms with van der Waals surface area (Å²) in [7, 11) is 0. The summed E-state index contributed by atoms with van der Waals surface area (Å²) in [5, 5.41) is 0. The maximum atomic E-state index is 5.98. The fraction of sp³-hybridized carbons (Fsp3) is 1.00. The molecule has 2 aliphatic rings. The van der Waals surface area contributed by atoms with Crippen LogP contribution in [0.5, 0.6) is 0 Å². The van der Waals surface area contributed by atoms with Gasteiger partial charge in [0.25, 0.3) is 0 Å². The Morgan fingerprint density at radius 1 is 1.08 bits per heavy atom. The lowest BCUT2D eigenvalue weighted by Crippen LogP contribution is -2.20. The van der Waals surface area contributed by atoms with Crippen LogP contribution in [0.15, 0.2) is 0 Å². The van der Waals surface area contributed by atoms with Crippen LogP contribution in [0.2, 0.25) is 0 Å². The van der Waals surface area contributed by atoms with Crippen molar-refractivity contribution in [2.24, 2.45) is 17.1 Å². The molecule has 12 heavy (non-hydrogen) atoms. The second-order valence-electron chi connectivity index (χ2n) is 5.00. The van der Waals surface area contributed by atoms with Crippen molar-refractivity contribution >= 4 is 0 Å². The van der Waals surface area contributed by atoms with E-state index in [1.54, 1.807) is 0 Å². The molecule has 0 radical (unpaired) electrons. The average molecular weight is 167 g/mol. The van der Waals surface area contributed by atoms with Crippen LogP contribution in [0.3, 0.4) is 0 Å². The zero-order chi connectivity index (χ0) is 8.60. The van der Waals surface area contributed by atoms with Crippen LogP contribution in [-0.2, 0) is 0 Å². The molecule has 0 aliphatic heterocycles. The molecule has 0 aromatic rings. The molecule has 0 bridgehead atoms. The third-order valence-corrected chi connectivity index (χ3v) is 4.13. The van der Waals surface area contributed by atoms with Gasteiger partial charge in [-0.2, -0.15) is 0 Å². The second-order valence-corrected chi connectivity index (χ2v) is 5.00. The van der Waals surface area contributed by atoms with Crippen molar-refractivity contribution < 1.29 is 0 Å². The van der Waals surface area contributed by atoms with E-state index in [1.165, 1.54) is 44.9 Å². The van der Waals surface area contributed by atoms with Crippen molar-refractivity contribution in [1.29, 1.82) is 0 Å². The van der Waals surface area contributed by atoms with Gasteiger partial charge >= 0.3 is 0 Å². The normalized spacial score (nSPS) is 44.0. The molecule has 0 aromatic carbocycles. The summed E-state index contributed by atoms with van der Waals surface area (Å²) in [4.78, 5) is 0. The monoisotopic (exact) mass is 167 g/mol. The highest BCUT2D eigenvalue weighted by Gasteiger charge is 2.52. The lowest BCUT2D eigenvalue weighted by molar-refractivity contribution is 0.289. The summed E-state index contributed by atoms with van der Waals surface area (Å²) in [6.07, 6.45) is 10.0. The predicted octanol–water partition coefficient (Wildman–Crippen LogP) is 2.69. The van der Waals surface area contributed by atoms with E-state index < -0.39 is 0 Å². The summed E-state index contributed by atoms with van der Waals surface area (Å²) in [6.45, 7) is 2.40. The Bertz CT molecular complexity index is 158. The lowest BCUT2D eigenvalue weighted by Gasteiger charge is -2.22. The molecule has 1 heteroatoms. The molecule has 0 spiro atoms. The standard InChI is InChI=1S/C11H21N/c1-11(8-10(11)12)9-6-4-2-3-5-7-9/h9-10H,2-8,12H2,1H3. The Kier molecular flexibility index (Phi) is 2.16. The molecule has 2 N–H and O–H groups in total.